The van der Waals surface area contributed by atoms with Crippen LogP contribution in [0.1, 0.15) is 37.4 Å². The number of hydrogen-bond acceptors (Lipinski definition) is 8. The molecule has 2 aliphatic rings. The molecule has 2 fully saturated rings. The number of morpholine rings is 1. The molecule has 0 saturated carbocycles. The van der Waals surface area contributed by atoms with Gasteiger partial charge in [0, 0.05) is 31.7 Å². The van der Waals surface area contributed by atoms with Gasteiger partial charge in [-0.3, -0.25) is 14.5 Å². The van der Waals surface area contributed by atoms with Gasteiger partial charge in [0.1, 0.15) is 11.5 Å². The van der Waals surface area contributed by atoms with E-state index < -0.39 is 17.7 Å². The lowest BCUT2D eigenvalue weighted by molar-refractivity contribution is -0.140. The average Bonchev–Trinajstić information content (AvgIpc) is 3.21. The van der Waals surface area contributed by atoms with E-state index in [-0.39, 0.29) is 11.3 Å². The van der Waals surface area contributed by atoms with Gasteiger partial charge in [0.05, 0.1) is 45.7 Å². The van der Waals surface area contributed by atoms with Crippen LogP contribution in [0.3, 0.4) is 0 Å². The Hall–Kier alpha value is -3.56. The molecule has 1 atom stereocenters. The molecule has 2 heterocycles. The SMILES string of the molecule is COc1ccc(C2/C(=C(\O)c3ccc(OCC(C)C)cc3)C(=O)C(=O)N2CCCN2CCOCC2)cc1OC. The summed E-state index contributed by atoms with van der Waals surface area (Å²) >= 11 is 0. The molecule has 9 nitrogen and oxygen atoms in total. The molecule has 1 amide bonds. The van der Waals surface area contributed by atoms with Crippen LogP contribution in [0.5, 0.6) is 17.2 Å². The van der Waals surface area contributed by atoms with Gasteiger partial charge in [0.25, 0.3) is 11.7 Å². The van der Waals surface area contributed by atoms with Crippen molar-refractivity contribution in [2.45, 2.75) is 26.3 Å². The maximum absolute atomic E-state index is 13.4. The quantitative estimate of drug-likeness (QED) is 0.262. The van der Waals surface area contributed by atoms with E-state index in [1.807, 2.05) is 0 Å². The van der Waals surface area contributed by atoms with Gasteiger partial charge in [-0.25, -0.2) is 0 Å². The second kappa shape index (κ2) is 13.0. The van der Waals surface area contributed by atoms with Gasteiger partial charge in [-0.2, -0.15) is 0 Å². The zero-order valence-electron chi connectivity index (χ0n) is 23.1. The van der Waals surface area contributed by atoms with Crippen LogP contribution in [0.4, 0.5) is 0 Å². The Bertz CT molecular complexity index is 1190. The van der Waals surface area contributed by atoms with Gasteiger partial charge in [0.2, 0.25) is 0 Å². The molecule has 0 bridgehead atoms. The molecule has 1 unspecified atom stereocenters. The lowest BCUT2D eigenvalue weighted by atomic mass is 9.95. The average molecular weight is 539 g/mol. The molecular formula is C30H38N2O7. The number of Topliss-reactive ketones (excluding diaryl/α,β-unsaturated/α-hetero) is 1. The fraction of sp³-hybridized carbons (Fsp3) is 0.467. The molecule has 2 aliphatic heterocycles. The minimum Gasteiger partial charge on any atom is -0.507 e. The number of nitrogens with zero attached hydrogens (tertiary/aromatic N) is 2. The lowest BCUT2D eigenvalue weighted by Crippen LogP contribution is -2.38. The Morgan fingerprint density at radius 3 is 2.33 bits per heavy atom. The summed E-state index contributed by atoms with van der Waals surface area (Å²) < 4.78 is 22.1. The molecule has 2 aromatic rings. The monoisotopic (exact) mass is 538 g/mol. The van der Waals surface area contributed by atoms with E-state index in [0.29, 0.717) is 67.1 Å². The molecule has 39 heavy (non-hydrogen) atoms. The molecule has 2 aromatic carbocycles. The predicted molar refractivity (Wildman–Crippen MR) is 147 cm³/mol. The van der Waals surface area contributed by atoms with Crippen molar-refractivity contribution in [1.82, 2.24) is 9.80 Å². The van der Waals surface area contributed by atoms with Gasteiger partial charge in [0.15, 0.2) is 11.5 Å². The van der Waals surface area contributed by atoms with Crippen molar-refractivity contribution in [2.75, 3.05) is 60.2 Å². The molecule has 2 saturated heterocycles. The highest BCUT2D eigenvalue weighted by molar-refractivity contribution is 6.46. The summed E-state index contributed by atoms with van der Waals surface area (Å²) in [5, 5.41) is 11.4. The number of carbonyl (C=O) groups excluding carboxylic acids is 2. The third-order valence-corrected chi connectivity index (χ3v) is 6.95. The van der Waals surface area contributed by atoms with Gasteiger partial charge < -0.3 is 29.0 Å². The maximum atomic E-state index is 13.4. The maximum Gasteiger partial charge on any atom is 0.295 e. The van der Waals surface area contributed by atoms with Crippen LogP contribution in [0.25, 0.3) is 5.76 Å². The van der Waals surface area contributed by atoms with Crippen LogP contribution in [0.15, 0.2) is 48.0 Å². The molecule has 0 radical (unpaired) electrons. The molecule has 9 heteroatoms. The highest BCUT2D eigenvalue weighted by atomic mass is 16.5. The Morgan fingerprint density at radius 2 is 1.69 bits per heavy atom. The van der Waals surface area contributed by atoms with Crippen LogP contribution in [0.2, 0.25) is 0 Å². The molecule has 0 aromatic heterocycles. The van der Waals surface area contributed by atoms with Crippen molar-refractivity contribution in [3.8, 4) is 17.2 Å². The van der Waals surface area contributed by atoms with Crippen molar-refractivity contribution in [3.05, 3.63) is 59.2 Å². The fourth-order valence-electron chi connectivity index (χ4n) is 4.90. The topological polar surface area (TPSA) is 97.8 Å². The molecule has 1 N–H and O–H groups in total. The number of ketones is 1. The number of ether oxygens (including phenoxy) is 4. The van der Waals surface area contributed by atoms with Gasteiger partial charge in [-0.05, 0) is 54.3 Å². The number of benzene rings is 2. The second-order valence-corrected chi connectivity index (χ2v) is 10.1. The van der Waals surface area contributed by atoms with Crippen LogP contribution >= 0.6 is 0 Å². The Kier molecular flexibility index (Phi) is 9.48. The van der Waals surface area contributed by atoms with E-state index in [1.165, 1.54) is 7.11 Å². The van der Waals surface area contributed by atoms with E-state index in [4.69, 9.17) is 18.9 Å². The van der Waals surface area contributed by atoms with Crippen LogP contribution in [-0.4, -0.2) is 86.8 Å². The summed E-state index contributed by atoms with van der Waals surface area (Å²) in [7, 11) is 3.08. The van der Waals surface area contributed by atoms with E-state index >= 15 is 0 Å². The standard InChI is InChI=1S/C30H38N2O7/c1-20(2)19-39-23-9-6-21(7-10-23)28(33)26-27(22-8-11-24(36-3)25(18-22)37-4)32(30(35)29(26)34)13-5-12-31-14-16-38-17-15-31/h6-11,18,20,27,33H,5,12-17,19H2,1-4H3/b28-26+. The number of rotatable bonds is 11. The number of hydrogen-bond donors (Lipinski definition) is 1. The summed E-state index contributed by atoms with van der Waals surface area (Å²) in [5.41, 5.74) is 1.13. The lowest BCUT2D eigenvalue weighted by Gasteiger charge is -2.29. The molecule has 4 rings (SSSR count). The Balaban J connectivity index is 1.68. The summed E-state index contributed by atoms with van der Waals surface area (Å²) in [6.45, 7) is 8.91. The first-order chi connectivity index (χ1) is 18.8. The van der Waals surface area contributed by atoms with Crippen molar-refractivity contribution in [3.63, 3.8) is 0 Å². The normalized spacial score (nSPS) is 19.5. The number of carbonyl (C=O) groups is 2. The number of likely N-dealkylation sites (tertiary alicyclic amines) is 1. The highest BCUT2D eigenvalue weighted by Crippen LogP contribution is 2.42. The number of aliphatic hydroxyl groups is 1. The van der Waals surface area contributed by atoms with Gasteiger partial charge in [-0.1, -0.05) is 19.9 Å². The Labute approximate surface area is 229 Å². The zero-order chi connectivity index (χ0) is 27.9. The first-order valence-electron chi connectivity index (χ1n) is 13.4. The van der Waals surface area contributed by atoms with Crippen molar-refractivity contribution in [1.29, 1.82) is 0 Å². The minimum atomic E-state index is -0.772. The summed E-state index contributed by atoms with van der Waals surface area (Å²) in [6, 6.07) is 11.4. The van der Waals surface area contributed by atoms with Crippen molar-refractivity contribution >= 4 is 17.4 Å². The van der Waals surface area contributed by atoms with E-state index in [2.05, 4.69) is 18.7 Å². The van der Waals surface area contributed by atoms with Crippen molar-refractivity contribution in [2.24, 2.45) is 5.92 Å². The number of amides is 1. The highest BCUT2D eigenvalue weighted by Gasteiger charge is 2.46. The third-order valence-electron chi connectivity index (χ3n) is 6.95. The second-order valence-electron chi connectivity index (χ2n) is 10.1. The van der Waals surface area contributed by atoms with E-state index in [1.54, 1.807) is 54.5 Å². The first-order valence-corrected chi connectivity index (χ1v) is 13.4. The van der Waals surface area contributed by atoms with Gasteiger partial charge >= 0.3 is 0 Å². The predicted octanol–water partition coefficient (Wildman–Crippen LogP) is 3.88. The van der Waals surface area contributed by atoms with E-state index in [0.717, 1.165) is 19.6 Å². The summed E-state index contributed by atoms with van der Waals surface area (Å²) in [4.78, 5) is 30.5. The molecule has 0 spiro atoms. The first kappa shape index (κ1) is 28.4. The summed E-state index contributed by atoms with van der Waals surface area (Å²) in [5.74, 6) is 0.482. The van der Waals surface area contributed by atoms with Crippen LogP contribution < -0.4 is 14.2 Å². The Morgan fingerprint density at radius 1 is 1.00 bits per heavy atom. The fourth-order valence-corrected chi connectivity index (χ4v) is 4.90. The van der Waals surface area contributed by atoms with Gasteiger partial charge in [-0.15, -0.1) is 0 Å². The third kappa shape index (κ3) is 6.54. The minimum absolute atomic E-state index is 0.0504. The molecule has 0 aliphatic carbocycles. The smallest absolute Gasteiger partial charge is 0.295 e. The number of aliphatic hydroxyl groups excluding tert-OH is 1. The summed E-state index contributed by atoms with van der Waals surface area (Å²) in [6.07, 6.45) is 0.679. The zero-order valence-corrected chi connectivity index (χ0v) is 23.1. The largest absolute Gasteiger partial charge is 0.507 e. The van der Waals surface area contributed by atoms with Crippen LogP contribution in [-0.2, 0) is 14.3 Å². The van der Waals surface area contributed by atoms with E-state index in [9.17, 15) is 14.7 Å². The molecule has 210 valence electrons. The van der Waals surface area contributed by atoms with Crippen molar-refractivity contribution < 1.29 is 33.6 Å². The number of methoxy groups -OCH3 is 2. The molecular weight excluding hydrogens is 500 g/mol. The van der Waals surface area contributed by atoms with Crippen LogP contribution in [0, 0.1) is 5.92 Å².